The van der Waals surface area contributed by atoms with Crippen LogP contribution in [0.15, 0.2) is 40.3 Å². The molecule has 1 aromatic heterocycles. The number of nitrogens with two attached hydrogens (primary N) is 1. The second kappa shape index (κ2) is 8.64. The molecule has 2 aromatic rings. The molecule has 3 rings (SSSR count). The van der Waals surface area contributed by atoms with Crippen molar-refractivity contribution in [3.05, 3.63) is 30.5 Å². The first kappa shape index (κ1) is 20.8. The summed E-state index contributed by atoms with van der Waals surface area (Å²) in [6.45, 7) is 3.16. The van der Waals surface area contributed by atoms with Crippen molar-refractivity contribution in [1.82, 2.24) is 9.97 Å². The molecule has 1 aliphatic heterocycles. The topological polar surface area (TPSA) is 125 Å². The number of ether oxygens (including phenoxy) is 2. The van der Waals surface area contributed by atoms with Gasteiger partial charge in [-0.2, -0.15) is 4.98 Å². The Morgan fingerprint density at radius 2 is 2.03 bits per heavy atom. The number of anilines is 2. The Morgan fingerprint density at radius 3 is 2.66 bits per heavy atom. The standard InChI is InChI=1S/C19H24N4O5S/c1-3-28-18(24)13-5-4-10-23(12-13)19-21-11-16(17(20)22-19)29(25,26)15-8-6-14(27-2)7-9-15/h6-9,11,13H,3-5,10,12H2,1-2H3,(H2,20,21,22)/t13-/m1/s1. The summed E-state index contributed by atoms with van der Waals surface area (Å²) in [6, 6.07) is 6.00. The highest BCUT2D eigenvalue weighted by Crippen LogP contribution is 2.28. The third-order valence-corrected chi connectivity index (χ3v) is 6.54. The second-order valence-corrected chi connectivity index (χ2v) is 8.55. The first-order chi connectivity index (χ1) is 13.9. The van der Waals surface area contributed by atoms with Crippen LogP contribution in [-0.2, 0) is 19.4 Å². The van der Waals surface area contributed by atoms with E-state index in [1.807, 2.05) is 4.90 Å². The van der Waals surface area contributed by atoms with Crippen molar-refractivity contribution in [2.24, 2.45) is 5.92 Å². The van der Waals surface area contributed by atoms with Crippen molar-refractivity contribution < 1.29 is 22.7 Å². The van der Waals surface area contributed by atoms with Crippen LogP contribution in [0, 0.1) is 5.92 Å². The maximum Gasteiger partial charge on any atom is 0.310 e. The van der Waals surface area contributed by atoms with Crippen LogP contribution >= 0.6 is 0 Å². The summed E-state index contributed by atoms with van der Waals surface area (Å²) in [7, 11) is -2.37. The number of sulfone groups is 1. The van der Waals surface area contributed by atoms with E-state index in [9.17, 15) is 13.2 Å². The van der Waals surface area contributed by atoms with E-state index in [1.165, 1.54) is 25.4 Å². The summed E-state index contributed by atoms with van der Waals surface area (Å²) in [5.41, 5.74) is 5.98. The molecular weight excluding hydrogens is 396 g/mol. The molecule has 0 spiro atoms. The van der Waals surface area contributed by atoms with Crippen molar-refractivity contribution in [1.29, 1.82) is 0 Å². The van der Waals surface area contributed by atoms with Gasteiger partial charge in [0.1, 0.15) is 16.5 Å². The van der Waals surface area contributed by atoms with Crippen molar-refractivity contribution in [2.45, 2.75) is 29.6 Å². The number of methoxy groups -OCH3 is 1. The van der Waals surface area contributed by atoms with Gasteiger partial charge in [0.05, 0.1) is 30.7 Å². The number of hydrogen-bond acceptors (Lipinski definition) is 9. The van der Waals surface area contributed by atoms with Gasteiger partial charge in [-0.15, -0.1) is 0 Å². The van der Waals surface area contributed by atoms with Gasteiger partial charge in [0, 0.05) is 13.1 Å². The average molecular weight is 420 g/mol. The third-order valence-electron chi connectivity index (χ3n) is 4.75. The van der Waals surface area contributed by atoms with Gasteiger partial charge < -0.3 is 20.1 Å². The van der Waals surface area contributed by atoms with Crippen LogP contribution in [0.3, 0.4) is 0 Å². The highest BCUT2D eigenvalue weighted by atomic mass is 32.2. The van der Waals surface area contributed by atoms with Crippen LogP contribution in [-0.4, -0.2) is 51.2 Å². The summed E-state index contributed by atoms with van der Waals surface area (Å²) < 4.78 is 35.9. The fraction of sp³-hybridized carbons (Fsp3) is 0.421. The molecule has 10 heteroatoms. The zero-order valence-corrected chi connectivity index (χ0v) is 17.2. The van der Waals surface area contributed by atoms with E-state index in [0.717, 1.165) is 12.8 Å². The van der Waals surface area contributed by atoms with Gasteiger partial charge in [-0.05, 0) is 44.0 Å². The monoisotopic (exact) mass is 420 g/mol. The number of carbonyl (C=O) groups excluding carboxylic acids is 1. The predicted octanol–water partition coefficient (Wildman–Crippen LogP) is 1.68. The van der Waals surface area contributed by atoms with E-state index in [0.29, 0.717) is 31.4 Å². The normalized spacial score (nSPS) is 17.0. The fourth-order valence-corrected chi connectivity index (χ4v) is 4.49. The molecule has 1 saturated heterocycles. The van der Waals surface area contributed by atoms with Gasteiger partial charge in [0.15, 0.2) is 0 Å². The minimum Gasteiger partial charge on any atom is -0.497 e. The lowest BCUT2D eigenvalue weighted by molar-refractivity contribution is -0.148. The Hall–Kier alpha value is -2.88. The Balaban J connectivity index is 1.83. The van der Waals surface area contributed by atoms with Gasteiger partial charge in [0.25, 0.3) is 0 Å². The lowest BCUT2D eigenvalue weighted by Crippen LogP contribution is -2.40. The van der Waals surface area contributed by atoms with Gasteiger partial charge >= 0.3 is 5.97 Å². The largest absolute Gasteiger partial charge is 0.497 e. The maximum absolute atomic E-state index is 12.9. The third kappa shape index (κ3) is 4.42. The molecule has 9 nitrogen and oxygen atoms in total. The molecule has 2 N–H and O–H groups in total. The van der Waals surface area contributed by atoms with Crippen LogP contribution in [0.1, 0.15) is 19.8 Å². The highest BCUT2D eigenvalue weighted by Gasteiger charge is 2.29. The smallest absolute Gasteiger partial charge is 0.310 e. The summed E-state index contributed by atoms with van der Waals surface area (Å²) in [6.07, 6.45) is 2.72. The molecule has 156 valence electrons. The minimum atomic E-state index is -3.87. The lowest BCUT2D eigenvalue weighted by atomic mass is 9.98. The van der Waals surface area contributed by atoms with Gasteiger partial charge in [0.2, 0.25) is 15.8 Å². The molecule has 0 radical (unpaired) electrons. The molecule has 0 amide bonds. The Kier molecular flexibility index (Phi) is 6.21. The number of nitrogens with zero attached hydrogens (tertiary/aromatic N) is 3. The minimum absolute atomic E-state index is 0.0710. The Labute approximate surface area is 169 Å². The molecule has 1 aliphatic rings. The van der Waals surface area contributed by atoms with Crippen LogP contribution in [0.2, 0.25) is 0 Å². The van der Waals surface area contributed by atoms with Crippen molar-refractivity contribution in [3.63, 3.8) is 0 Å². The number of hydrogen-bond donors (Lipinski definition) is 1. The van der Waals surface area contributed by atoms with Crippen LogP contribution in [0.5, 0.6) is 5.75 Å². The van der Waals surface area contributed by atoms with Gasteiger partial charge in [-0.3, -0.25) is 4.79 Å². The second-order valence-electron chi connectivity index (χ2n) is 6.64. The number of esters is 1. The molecule has 1 fully saturated rings. The summed E-state index contributed by atoms with van der Waals surface area (Å²) in [4.78, 5) is 22.2. The van der Waals surface area contributed by atoms with E-state index >= 15 is 0 Å². The average Bonchev–Trinajstić information content (AvgIpc) is 2.73. The number of carbonyl (C=O) groups is 1. The molecule has 29 heavy (non-hydrogen) atoms. The maximum atomic E-state index is 12.9. The molecule has 0 unspecified atom stereocenters. The van der Waals surface area contributed by atoms with Crippen LogP contribution in [0.25, 0.3) is 0 Å². The SMILES string of the molecule is CCOC(=O)[C@@H]1CCCN(c2ncc(S(=O)(=O)c3ccc(OC)cc3)c(N)n2)C1. The predicted molar refractivity (Wildman–Crippen MR) is 106 cm³/mol. The van der Waals surface area contributed by atoms with Crippen molar-refractivity contribution >= 4 is 27.6 Å². The van der Waals surface area contributed by atoms with Crippen LogP contribution < -0.4 is 15.4 Å². The van der Waals surface area contributed by atoms with Gasteiger partial charge in [-0.25, -0.2) is 13.4 Å². The number of aromatic nitrogens is 2. The number of rotatable bonds is 6. The Bertz CT molecular complexity index is 979. The van der Waals surface area contributed by atoms with Crippen molar-refractivity contribution in [2.75, 3.05) is 37.4 Å². The summed E-state index contributed by atoms with van der Waals surface area (Å²) >= 11 is 0. The molecular formula is C19H24N4O5S. The van der Waals surface area contributed by atoms with Crippen molar-refractivity contribution in [3.8, 4) is 5.75 Å². The molecule has 0 bridgehead atoms. The lowest BCUT2D eigenvalue weighted by Gasteiger charge is -2.31. The van der Waals surface area contributed by atoms with Crippen LogP contribution in [0.4, 0.5) is 11.8 Å². The van der Waals surface area contributed by atoms with E-state index in [-0.39, 0.29) is 27.5 Å². The van der Waals surface area contributed by atoms with E-state index in [4.69, 9.17) is 15.2 Å². The number of benzene rings is 1. The first-order valence-corrected chi connectivity index (χ1v) is 10.8. The van der Waals surface area contributed by atoms with Gasteiger partial charge in [-0.1, -0.05) is 0 Å². The molecule has 2 heterocycles. The first-order valence-electron chi connectivity index (χ1n) is 9.30. The molecule has 0 saturated carbocycles. The highest BCUT2D eigenvalue weighted by molar-refractivity contribution is 7.91. The fourth-order valence-electron chi connectivity index (χ4n) is 3.23. The summed E-state index contributed by atoms with van der Waals surface area (Å²) in [5.74, 6) is 0.194. The van der Waals surface area contributed by atoms with E-state index in [2.05, 4.69) is 9.97 Å². The Morgan fingerprint density at radius 1 is 1.31 bits per heavy atom. The summed E-state index contributed by atoms with van der Waals surface area (Å²) in [5, 5.41) is 0. The number of nitrogen functional groups attached to an aromatic ring is 1. The zero-order valence-electron chi connectivity index (χ0n) is 16.4. The van der Waals surface area contributed by atoms with E-state index < -0.39 is 9.84 Å². The molecule has 1 aromatic carbocycles. The van der Waals surface area contributed by atoms with E-state index in [1.54, 1.807) is 19.1 Å². The quantitative estimate of drug-likeness (QED) is 0.695. The number of piperidine rings is 1. The zero-order chi connectivity index (χ0) is 21.0. The molecule has 0 aliphatic carbocycles. The molecule has 1 atom stereocenters.